The van der Waals surface area contributed by atoms with Gasteiger partial charge in [0.25, 0.3) is 5.91 Å². The molecular formula is C35H48N4O7Si. The van der Waals surface area contributed by atoms with E-state index >= 15 is 0 Å². The number of aliphatic hydroxyl groups excluding tert-OH is 1. The summed E-state index contributed by atoms with van der Waals surface area (Å²) in [4.78, 5) is 56.4. The van der Waals surface area contributed by atoms with Gasteiger partial charge < -0.3 is 39.8 Å². The topological polar surface area (TPSA) is 141 Å². The fraction of sp³-hybridized carbons (Fsp3) is 0.571. The van der Waals surface area contributed by atoms with Crippen LogP contribution >= 0.6 is 0 Å². The van der Waals surface area contributed by atoms with Crippen molar-refractivity contribution in [1.82, 2.24) is 10.2 Å². The highest BCUT2D eigenvalue weighted by atomic mass is 28.4. The highest BCUT2D eigenvalue weighted by Gasteiger charge is 2.66. The summed E-state index contributed by atoms with van der Waals surface area (Å²) < 4.78 is 12.5. The zero-order valence-corrected chi connectivity index (χ0v) is 28.8. The molecule has 11 nitrogen and oxygen atoms in total. The van der Waals surface area contributed by atoms with Crippen LogP contribution in [0.2, 0.25) is 18.6 Å². The lowest BCUT2D eigenvalue weighted by atomic mass is 9.82. The summed E-state index contributed by atoms with van der Waals surface area (Å²) in [6, 6.07) is 12.9. The van der Waals surface area contributed by atoms with Gasteiger partial charge in [-0.3, -0.25) is 14.4 Å². The Labute approximate surface area is 277 Å². The average molecular weight is 665 g/mol. The molecule has 1 unspecified atom stereocenters. The van der Waals surface area contributed by atoms with Crippen molar-refractivity contribution >= 4 is 37.4 Å². The van der Waals surface area contributed by atoms with Crippen LogP contribution < -0.4 is 20.3 Å². The van der Waals surface area contributed by atoms with Crippen LogP contribution in [0.4, 0.5) is 11.4 Å². The Hall–Kier alpha value is -3.29. The SMILES string of the molecule is COc1ccc2c(c1)[C@@]1(O[C@H](CC(=O)N3CCC[C@H]3CO)[C@@H]([Si](C)(C)O)[C@@H]1C)C(=O)N2Cc1cccc(NC(=O)C2CCCNC2)c1. The smallest absolute Gasteiger partial charge is 0.264 e. The number of nitrogens with one attached hydrogen (secondary N) is 2. The molecule has 0 aromatic heterocycles. The first-order chi connectivity index (χ1) is 22.5. The molecule has 4 heterocycles. The number of methoxy groups -OCH3 is 1. The molecule has 47 heavy (non-hydrogen) atoms. The largest absolute Gasteiger partial charge is 0.497 e. The zero-order chi connectivity index (χ0) is 33.5. The molecule has 2 aromatic carbocycles. The Morgan fingerprint density at radius 1 is 1.17 bits per heavy atom. The molecule has 6 atom stereocenters. The molecule has 2 aromatic rings. The number of fused-ring (bicyclic) bond motifs is 2. The molecule has 6 rings (SSSR count). The van der Waals surface area contributed by atoms with E-state index < -0.39 is 31.5 Å². The van der Waals surface area contributed by atoms with Crippen molar-refractivity contribution in [2.45, 2.75) is 82.0 Å². The molecule has 0 radical (unpaired) electrons. The van der Waals surface area contributed by atoms with E-state index in [-0.39, 0.29) is 49.3 Å². The number of ether oxygens (including phenoxy) is 2. The lowest BCUT2D eigenvalue weighted by molar-refractivity contribution is -0.150. The number of carbonyl (C=O) groups is 3. The summed E-state index contributed by atoms with van der Waals surface area (Å²) in [6.45, 7) is 7.95. The van der Waals surface area contributed by atoms with Gasteiger partial charge in [0.2, 0.25) is 11.8 Å². The van der Waals surface area contributed by atoms with Gasteiger partial charge in [0.1, 0.15) is 5.75 Å². The molecule has 0 aliphatic carbocycles. The Morgan fingerprint density at radius 3 is 2.68 bits per heavy atom. The van der Waals surface area contributed by atoms with Gasteiger partial charge in [0.15, 0.2) is 13.9 Å². The van der Waals surface area contributed by atoms with Crippen LogP contribution in [0.15, 0.2) is 42.5 Å². The van der Waals surface area contributed by atoms with Crippen molar-refractivity contribution in [1.29, 1.82) is 0 Å². The van der Waals surface area contributed by atoms with E-state index in [2.05, 4.69) is 10.6 Å². The maximum Gasteiger partial charge on any atom is 0.264 e. The molecule has 1 spiro atoms. The first kappa shape index (κ1) is 33.6. The normalized spacial score (nSPS) is 29.0. The predicted octanol–water partition coefficient (Wildman–Crippen LogP) is 3.35. The third kappa shape index (κ3) is 6.22. The number of rotatable bonds is 9. The molecule has 3 saturated heterocycles. The van der Waals surface area contributed by atoms with E-state index in [1.165, 1.54) is 0 Å². The summed E-state index contributed by atoms with van der Waals surface area (Å²) in [6.07, 6.45) is 2.74. The van der Waals surface area contributed by atoms with Crippen molar-refractivity contribution in [3.8, 4) is 5.75 Å². The summed E-state index contributed by atoms with van der Waals surface area (Å²) in [7, 11) is -1.40. The summed E-state index contributed by atoms with van der Waals surface area (Å²) in [5.74, 6) is -0.328. The van der Waals surface area contributed by atoms with E-state index in [4.69, 9.17) is 9.47 Å². The average Bonchev–Trinajstić information content (AvgIpc) is 3.72. The van der Waals surface area contributed by atoms with Crippen molar-refractivity contribution in [2.75, 3.05) is 43.6 Å². The monoisotopic (exact) mass is 664 g/mol. The van der Waals surface area contributed by atoms with E-state index in [0.717, 1.165) is 37.8 Å². The maximum absolute atomic E-state index is 14.8. The molecule has 254 valence electrons. The second kappa shape index (κ2) is 13.3. The minimum atomic E-state index is -2.97. The van der Waals surface area contributed by atoms with Crippen LogP contribution in [0.1, 0.15) is 50.2 Å². The Balaban J connectivity index is 1.31. The van der Waals surface area contributed by atoms with E-state index in [1.54, 1.807) is 16.9 Å². The third-order valence-electron chi connectivity index (χ3n) is 10.7. The Bertz CT molecular complexity index is 1510. The van der Waals surface area contributed by atoms with Gasteiger partial charge in [0.05, 0.1) is 50.4 Å². The number of likely N-dealkylation sites (tertiary alicyclic amines) is 1. The fourth-order valence-electron chi connectivity index (χ4n) is 8.43. The Kier molecular flexibility index (Phi) is 9.52. The van der Waals surface area contributed by atoms with Gasteiger partial charge in [-0.1, -0.05) is 19.1 Å². The van der Waals surface area contributed by atoms with Gasteiger partial charge >= 0.3 is 0 Å². The van der Waals surface area contributed by atoms with Gasteiger partial charge in [-0.2, -0.15) is 0 Å². The predicted molar refractivity (Wildman–Crippen MR) is 180 cm³/mol. The van der Waals surface area contributed by atoms with Crippen LogP contribution in [0, 0.1) is 11.8 Å². The molecule has 0 saturated carbocycles. The molecule has 3 fully saturated rings. The van der Waals surface area contributed by atoms with Gasteiger partial charge in [-0.25, -0.2) is 0 Å². The molecule has 12 heteroatoms. The van der Waals surface area contributed by atoms with Crippen LogP contribution in [0.5, 0.6) is 5.75 Å². The first-order valence-electron chi connectivity index (χ1n) is 16.9. The van der Waals surface area contributed by atoms with Crippen LogP contribution in [-0.2, 0) is 31.3 Å². The van der Waals surface area contributed by atoms with Gasteiger partial charge in [-0.05, 0) is 81.2 Å². The number of amides is 3. The van der Waals surface area contributed by atoms with E-state index in [1.807, 2.05) is 62.5 Å². The number of carbonyl (C=O) groups excluding carboxylic acids is 3. The molecular weight excluding hydrogens is 616 g/mol. The Morgan fingerprint density at radius 2 is 1.98 bits per heavy atom. The lowest BCUT2D eigenvalue weighted by Crippen LogP contribution is -2.46. The summed E-state index contributed by atoms with van der Waals surface area (Å²) >= 11 is 0. The van der Waals surface area contributed by atoms with Gasteiger partial charge in [0, 0.05) is 35.8 Å². The number of benzene rings is 2. The summed E-state index contributed by atoms with van der Waals surface area (Å²) in [5, 5.41) is 16.2. The quantitative estimate of drug-likeness (QED) is 0.300. The van der Waals surface area contributed by atoms with E-state index in [9.17, 15) is 24.3 Å². The van der Waals surface area contributed by atoms with Crippen molar-refractivity contribution in [3.05, 3.63) is 53.6 Å². The van der Waals surface area contributed by atoms with Gasteiger partial charge in [-0.15, -0.1) is 0 Å². The number of piperidine rings is 1. The van der Waals surface area contributed by atoms with Crippen molar-refractivity contribution in [3.63, 3.8) is 0 Å². The minimum absolute atomic E-state index is 0.0159. The first-order valence-corrected chi connectivity index (χ1v) is 19.9. The lowest BCUT2D eigenvalue weighted by Gasteiger charge is -2.33. The molecule has 0 bridgehead atoms. The second-order valence-corrected chi connectivity index (χ2v) is 18.1. The number of hydrogen-bond acceptors (Lipinski definition) is 8. The van der Waals surface area contributed by atoms with Crippen LogP contribution in [0.3, 0.4) is 0 Å². The van der Waals surface area contributed by atoms with Crippen molar-refractivity contribution in [2.24, 2.45) is 11.8 Å². The number of nitrogens with zero attached hydrogens (tertiary/aromatic N) is 2. The van der Waals surface area contributed by atoms with Crippen LogP contribution in [-0.4, -0.2) is 86.3 Å². The summed E-state index contributed by atoms with van der Waals surface area (Å²) in [5.41, 5.74) is 1.04. The number of aliphatic hydroxyl groups is 1. The highest BCUT2D eigenvalue weighted by Crippen LogP contribution is 2.60. The second-order valence-electron chi connectivity index (χ2n) is 14.1. The third-order valence-corrected chi connectivity index (χ3v) is 13.2. The number of anilines is 2. The molecule has 4 N–H and O–H groups in total. The molecule has 4 aliphatic rings. The van der Waals surface area contributed by atoms with E-state index in [0.29, 0.717) is 35.8 Å². The maximum atomic E-state index is 14.8. The number of hydrogen-bond donors (Lipinski definition) is 4. The standard InChI is InChI=1S/C35H48N4O7Si/c1-22-32(47(3,4)44)30(18-31(41)38-15-7-11-26(38)21-40)46-35(22)28-17-27(45-2)12-13-29(28)39(34(35)43)20-23-8-5-10-25(16-23)37-33(42)24-9-6-14-36-19-24/h5,8,10,12-13,16-17,22,24,26,30,32,36,40,44H,6-7,9,11,14-15,18-21H2,1-4H3,(H,37,42)/t22-,24?,26-,30+,32-,35+/m0/s1. The molecule has 4 aliphatic heterocycles. The minimum Gasteiger partial charge on any atom is -0.497 e. The van der Waals surface area contributed by atoms with Crippen molar-refractivity contribution < 1.29 is 33.8 Å². The molecule has 3 amide bonds. The highest BCUT2D eigenvalue weighted by molar-refractivity contribution is 6.71. The fourth-order valence-corrected chi connectivity index (χ4v) is 11.0. The van der Waals surface area contributed by atoms with Crippen LogP contribution in [0.25, 0.3) is 0 Å². The zero-order valence-electron chi connectivity index (χ0n) is 27.8.